The molecule has 1 amide bonds. The lowest BCUT2D eigenvalue weighted by molar-refractivity contribution is -0.0815. The van der Waals surface area contributed by atoms with E-state index in [0.29, 0.717) is 13.1 Å². The molecule has 1 N–H and O–H groups in total. The number of amides is 1. The first-order valence-electron chi connectivity index (χ1n) is 6.96. The fourth-order valence-corrected chi connectivity index (χ4v) is 2.32. The average molecular weight is 277 g/mol. The third-order valence-electron chi connectivity index (χ3n) is 3.69. The van der Waals surface area contributed by atoms with Crippen molar-refractivity contribution in [2.75, 3.05) is 13.1 Å². The fraction of sp³-hybridized carbons (Fsp3) is 0.562. The zero-order valence-corrected chi connectivity index (χ0v) is 12.6. The maximum absolute atomic E-state index is 11.9. The van der Waals surface area contributed by atoms with E-state index in [2.05, 4.69) is 0 Å². The van der Waals surface area contributed by atoms with E-state index in [9.17, 15) is 9.90 Å². The highest BCUT2D eigenvalue weighted by molar-refractivity contribution is 5.69. The molecule has 20 heavy (non-hydrogen) atoms. The number of benzene rings is 1. The average Bonchev–Trinajstić information content (AvgIpc) is 2.25. The van der Waals surface area contributed by atoms with E-state index in [4.69, 9.17) is 4.74 Å². The number of nitrogens with zero attached hydrogens (tertiary/aromatic N) is 1. The lowest BCUT2D eigenvalue weighted by Gasteiger charge is -2.46. The minimum Gasteiger partial charge on any atom is -0.444 e. The highest BCUT2D eigenvalue weighted by Gasteiger charge is 2.44. The number of aliphatic hydroxyl groups is 1. The predicted molar refractivity (Wildman–Crippen MR) is 77.3 cm³/mol. The minimum absolute atomic E-state index is 0.0393. The molecular formula is C16H23NO3. The molecule has 1 aliphatic rings. The predicted octanol–water partition coefficient (Wildman–Crippen LogP) is 2.76. The fourth-order valence-electron chi connectivity index (χ4n) is 2.32. The minimum atomic E-state index is -0.917. The van der Waals surface area contributed by atoms with Crippen LogP contribution in [0.15, 0.2) is 30.3 Å². The molecule has 1 fully saturated rings. The van der Waals surface area contributed by atoms with E-state index in [0.717, 1.165) is 5.56 Å². The molecule has 110 valence electrons. The third kappa shape index (κ3) is 3.12. The van der Waals surface area contributed by atoms with Gasteiger partial charge in [-0.05, 0) is 33.3 Å². The number of carbonyl (C=O) groups excluding carboxylic acids is 1. The van der Waals surface area contributed by atoms with Gasteiger partial charge in [0.25, 0.3) is 0 Å². The van der Waals surface area contributed by atoms with Crippen molar-refractivity contribution in [2.45, 2.75) is 38.9 Å². The van der Waals surface area contributed by atoms with Gasteiger partial charge in [0.15, 0.2) is 0 Å². The molecule has 0 spiro atoms. The smallest absolute Gasteiger partial charge is 0.410 e. The highest BCUT2D eigenvalue weighted by Crippen LogP contribution is 2.36. The first kappa shape index (κ1) is 14.9. The Balaban J connectivity index is 1.95. The SMILES string of the molecule is CC(C)(C)OC(=O)N1CC(C(C)(O)c2ccccc2)C1. The van der Waals surface area contributed by atoms with Gasteiger partial charge in [-0.3, -0.25) is 0 Å². The van der Waals surface area contributed by atoms with Crippen molar-refractivity contribution in [1.82, 2.24) is 4.90 Å². The van der Waals surface area contributed by atoms with Gasteiger partial charge in [-0.2, -0.15) is 0 Å². The molecule has 1 unspecified atom stereocenters. The molecule has 0 bridgehead atoms. The summed E-state index contributed by atoms with van der Waals surface area (Å²) in [6.45, 7) is 8.40. The molecule has 1 heterocycles. The van der Waals surface area contributed by atoms with Crippen LogP contribution < -0.4 is 0 Å². The first-order chi connectivity index (χ1) is 9.20. The highest BCUT2D eigenvalue weighted by atomic mass is 16.6. The van der Waals surface area contributed by atoms with Crippen LogP contribution in [0.3, 0.4) is 0 Å². The van der Waals surface area contributed by atoms with Gasteiger partial charge in [-0.1, -0.05) is 30.3 Å². The molecule has 0 aromatic heterocycles. The van der Waals surface area contributed by atoms with Crippen LogP contribution in [0.4, 0.5) is 4.79 Å². The maximum atomic E-state index is 11.9. The van der Waals surface area contributed by atoms with Crippen LogP contribution >= 0.6 is 0 Å². The molecule has 4 nitrogen and oxygen atoms in total. The van der Waals surface area contributed by atoms with Gasteiger partial charge in [0.05, 0.1) is 5.60 Å². The molecule has 0 radical (unpaired) electrons. The molecule has 1 aliphatic heterocycles. The summed E-state index contributed by atoms with van der Waals surface area (Å²) in [6.07, 6.45) is -0.308. The monoisotopic (exact) mass is 277 g/mol. The Hall–Kier alpha value is -1.55. The van der Waals surface area contributed by atoms with Crippen LogP contribution in [-0.2, 0) is 10.3 Å². The molecule has 1 saturated heterocycles. The summed E-state index contributed by atoms with van der Waals surface area (Å²) in [4.78, 5) is 13.5. The van der Waals surface area contributed by atoms with Crippen LogP contribution in [-0.4, -0.2) is 34.8 Å². The van der Waals surface area contributed by atoms with Crippen molar-refractivity contribution in [3.05, 3.63) is 35.9 Å². The van der Waals surface area contributed by atoms with E-state index in [1.54, 1.807) is 11.8 Å². The lowest BCUT2D eigenvalue weighted by Crippen LogP contribution is -2.58. The zero-order valence-electron chi connectivity index (χ0n) is 12.6. The van der Waals surface area contributed by atoms with E-state index in [1.807, 2.05) is 51.1 Å². The van der Waals surface area contributed by atoms with Crippen molar-refractivity contribution in [3.8, 4) is 0 Å². The molecule has 1 aromatic carbocycles. The number of hydrogen-bond donors (Lipinski definition) is 1. The van der Waals surface area contributed by atoms with Gasteiger partial charge >= 0.3 is 6.09 Å². The molecule has 1 atom stereocenters. The topological polar surface area (TPSA) is 49.8 Å². The van der Waals surface area contributed by atoms with Gasteiger partial charge in [-0.25, -0.2) is 4.79 Å². The Morgan fingerprint density at radius 1 is 1.20 bits per heavy atom. The van der Waals surface area contributed by atoms with E-state index in [-0.39, 0.29) is 12.0 Å². The van der Waals surface area contributed by atoms with Crippen LogP contribution in [0.1, 0.15) is 33.3 Å². The summed E-state index contributed by atoms with van der Waals surface area (Å²) >= 11 is 0. The quantitative estimate of drug-likeness (QED) is 0.904. The Kier molecular flexibility index (Phi) is 3.78. The van der Waals surface area contributed by atoms with Gasteiger partial charge < -0.3 is 14.7 Å². The van der Waals surface area contributed by atoms with Crippen molar-refractivity contribution >= 4 is 6.09 Å². The van der Waals surface area contributed by atoms with E-state index >= 15 is 0 Å². The van der Waals surface area contributed by atoms with Crippen molar-refractivity contribution < 1.29 is 14.6 Å². The number of rotatable bonds is 2. The van der Waals surface area contributed by atoms with Crippen LogP contribution in [0.25, 0.3) is 0 Å². The number of carbonyl (C=O) groups is 1. The van der Waals surface area contributed by atoms with Crippen LogP contribution in [0.2, 0.25) is 0 Å². The number of ether oxygens (including phenoxy) is 1. The largest absolute Gasteiger partial charge is 0.444 e. The Morgan fingerprint density at radius 3 is 2.25 bits per heavy atom. The Bertz CT molecular complexity index is 470. The summed E-state index contributed by atoms with van der Waals surface area (Å²) in [5, 5.41) is 10.7. The van der Waals surface area contributed by atoms with Crippen molar-refractivity contribution in [1.29, 1.82) is 0 Å². The van der Waals surface area contributed by atoms with Gasteiger partial charge in [-0.15, -0.1) is 0 Å². The molecule has 4 heteroatoms. The normalized spacial score (nSPS) is 19.1. The second kappa shape index (κ2) is 5.09. The summed E-state index contributed by atoms with van der Waals surface area (Å²) < 4.78 is 5.31. The molecule has 1 aromatic rings. The second-order valence-electron chi connectivity index (χ2n) is 6.60. The summed E-state index contributed by atoms with van der Waals surface area (Å²) in [5.74, 6) is 0.0393. The van der Waals surface area contributed by atoms with Crippen LogP contribution in [0, 0.1) is 5.92 Å². The second-order valence-corrected chi connectivity index (χ2v) is 6.60. The standard InChI is InChI=1S/C16H23NO3/c1-15(2,3)20-14(18)17-10-13(11-17)16(4,19)12-8-6-5-7-9-12/h5-9,13,19H,10-11H2,1-4H3. The molecular weight excluding hydrogens is 254 g/mol. The van der Waals surface area contributed by atoms with E-state index < -0.39 is 11.2 Å². The summed E-state index contributed by atoms with van der Waals surface area (Å²) in [7, 11) is 0. The van der Waals surface area contributed by atoms with Crippen molar-refractivity contribution in [2.24, 2.45) is 5.92 Å². The van der Waals surface area contributed by atoms with E-state index in [1.165, 1.54) is 0 Å². The molecule has 0 aliphatic carbocycles. The van der Waals surface area contributed by atoms with Gasteiger partial charge in [0.2, 0.25) is 0 Å². The number of hydrogen-bond acceptors (Lipinski definition) is 3. The Morgan fingerprint density at radius 2 is 1.75 bits per heavy atom. The Labute approximate surface area is 120 Å². The number of likely N-dealkylation sites (tertiary alicyclic amines) is 1. The van der Waals surface area contributed by atoms with Gasteiger partial charge in [0, 0.05) is 19.0 Å². The molecule has 2 rings (SSSR count). The zero-order chi connectivity index (χ0) is 15.0. The van der Waals surface area contributed by atoms with Crippen molar-refractivity contribution in [3.63, 3.8) is 0 Å². The molecule has 0 saturated carbocycles. The lowest BCUT2D eigenvalue weighted by atomic mass is 9.78. The maximum Gasteiger partial charge on any atom is 0.410 e. The van der Waals surface area contributed by atoms with Crippen LogP contribution in [0.5, 0.6) is 0 Å². The van der Waals surface area contributed by atoms with Gasteiger partial charge in [0.1, 0.15) is 5.60 Å². The third-order valence-corrected chi connectivity index (χ3v) is 3.69. The summed E-state index contributed by atoms with van der Waals surface area (Å²) in [5.41, 5.74) is -0.516. The first-order valence-corrected chi connectivity index (χ1v) is 6.96. The summed E-state index contributed by atoms with van der Waals surface area (Å²) in [6, 6.07) is 9.57.